The number of azo groups is 2. The molecule has 0 spiro atoms. The molecule has 306 valence electrons. The molecule has 60 heavy (non-hydrogen) atoms. The first-order valence-electron chi connectivity index (χ1n) is 16.5. The zero-order valence-electron chi connectivity index (χ0n) is 29.8. The van der Waals surface area contributed by atoms with Gasteiger partial charge in [0.15, 0.2) is 5.71 Å². The monoisotopic (exact) mass is 891 g/mol. The van der Waals surface area contributed by atoms with Gasteiger partial charge in [0.25, 0.3) is 40.5 Å². The molecule has 0 saturated heterocycles. The van der Waals surface area contributed by atoms with Crippen LogP contribution < -0.4 is 11.2 Å². The van der Waals surface area contributed by atoms with Gasteiger partial charge in [-0.1, -0.05) is 18.2 Å². The summed E-state index contributed by atoms with van der Waals surface area (Å²) in [5, 5.41) is 21.2. The third-order valence-corrected chi connectivity index (χ3v) is 12.2. The predicted molar refractivity (Wildman–Crippen MR) is 218 cm³/mol. The van der Waals surface area contributed by atoms with Crippen LogP contribution in [0.2, 0.25) is 0 Å². The van der Waals surface area contributed by atoms with E-state index in [0.29, 0.717) is 0 Å². The molecule has 0 aliphatic heterocycles. The molecule has 1 aliphatic rings. The zero-order chi connectivity index (χ0) is 43.4. The molecular weight excluding hydrogens is 867 g/mol. The molecule has 1 aliphatic carbocycles. The molecular formula is C36H25N7O13S4. The number of nitrogens with two attached hydrogens (primary N) is 1. The number of Topliss-reactive ketones (excluding diaryl/α,β-unsaturated/α-hetero) is 1. The molecule has 0 saturated carbocycles. The number of nitrogen functional groups attached to an aromatic ring is 1. The molecule has 24 heteroatoms. The minimum Gasteiger partial charge on any atom is -0.399 e. The van der Waals surface area contributed by atoms with Crippen molar-refractivity contribution >= 4 is 114 Å². The van der Waals surface area contributed by atoms with E-state index in [1.165, 1.54) is 66.7 Å². The summed E-state index contributed by atoms with van der Waals surface area (Å²) in [7, 11) is -19.1. The van der Waals surface area contributed by atoms with Crippen LogP contribution in [0.25, 0.3) is 27.6 Å². The van der Waals surface area contributed by atoms with E-state index in [1.54, 1.807) is 0 Å². The molecule has 6 aromatic carbocycles. The van der Waals surface area contributed by atoms with E-state index in [1.807, 2.05) is 0 Å². The molecule has 0 fully saturated rings. The Morgan fingerprint density at radius 2 is 1.05 bits per heavy atom. The van der Waals surface area contributed by atoms with Crippen molar-refractivity contribution in [1.82, 2.24) is 0 Å². The third-order valence-electron chi connectivity index (χ3n) is 8.78. The van der Waals surface area contributed by atoms with Crippen molar-refractivity contribution in [2.75, 3.05) is 11.2 Å². The van der Waals surface area contributed by atoms with Gasteiger partial charge >= 0.3 is 0 Å². The highest BCUT2D eigenvalue weighted by Gasteiger charge is 2.33. The Labute approximate surface area is 339 Å². The number of anilines is 2. The summed E-state index contributed by atoms with van der Waals surface area (Å²) in [6.45, 7) is 0. The van der Waals surface area contributed by atoms with Crippen LogP contribution in [0.5, 0.6) is 0 Å². The highest BCUT2D eigenvalue weighted by Crippen LogP contribution is 2.39. The van der Waals surface area contributed by atoms with Crippen LogP contribution in [0.4, 0.5) is 34.1 Å². The first-order chi connectivity index (χ1) is 28.1. The molecule has 6 aromatic rings. The fourth-order valence-electron chi connectivity index (χ4n) is 5.99. The van der Waals surface area contributed by atoms with Crippen molar-refractivity contribution in [2.45, 2.75) is 14.7 Å². The number of rotatable bonds is 10. The molecule has 0 unspecified atom stereocenters. The first-order valence-corrected chi connectivity index (χ1v) is 22.3. The summed E-state index contributed by atoms with van der Waals surface area (Å²) in [6.07, 6.45) is 1.00. The number of nitrogens with one attached hydrogen (secondary N) is 1. The lowest BCUT2D eigenvalue weighted by Crippen LogP contribution is -2.27. The van der Waals surface area contributed by atoms with Crippen LogP contribution in [0, 0.1) is 0 Å². The van der Waals surface area contributed by atoms with Crippen molar-refractivity contribution in [3.05, 3.63) is 119 Å². The fraction of sp³-hybridized carbons (Fsp3) is 0. The van der Waals surface area contributed by atoms with Gasteiger partial charge in [-0.3, -0.25) is 28.4 Å². The van der Waals surface area contributed by atoms with E-state index < -0.39 is 71.6 Å². The van der Waals surface area contributed by atoms with Gasteiger partial charge < -0.3 is 5.73 Å². The average Bonchev–Trinajstić information content (AvgIpc) is 3.17. The smallest absolute Gasteiger partial charge is 0.296 e. The second-order valence-corrected chi connectivity index (χ2v) is 18.4. The summed E-state index contributed by atoms with van der Waals surface area (Å²) < 4.78 is 135. The minimum atomic E-state index is -5.03. The Morgan fingerprint density at radius 3 is 1.65 bits per heavy atom. The number of fused-ring (bicyclic) bond motifs is 3. The Morgan fingerprint density at radius 1 is 0.517 bits per heavy atom. The molecule has 0 bridgehead atoms. The molecule has 0 radical (unpaired) electrons. The van der Waals surface area contributed by atoms with Gasteiger partial charge in [-0.05, 0) is 96.6 Å². The van der Waals surface area contributed by atoms with E-state index in [4.69, 9.17) is 5.73 Å². The van der Waals surface area contributed by atoms with Gasteiger partial charge in [-0.15, -0.1) is 15.3 Å². The van der Waals surface area contributed by atoms with Crippen molar-refractivity contribution in [1.29, 1.82) is 0 Å². The fourth-order valence-corrected chi connectivity index (χ4v) is 8.18. The lowest BCUT2D eigenvalue weighted by molar-refractivity contribution is 0.106. The highest BCUT2D eigenvalue weighted by molar-refractivity contribution is 7.91. The molecule has 0 amide bonds. The largest absolute Gasteiger partial charge is 0.399 e. The molecule has 0 atom stereocenters. The van der Waals surface area contributed by atoms with E-state index in [0.717, 1.165) is 42.5 Å². The SMILES string of the molecule is Nc1ccc2c(c1)C=C(S(=O)(=O)O)/C(=N\Nc1ccc(N=Nc3ccc(N=Nc4cccc(S(=O)(=O)O)c4)c4ccc(S(=O)(=O)O)cc34)c3ccc(S(=O)(=O)O)cc13)C2=O. The maximum Gasteiger partial charge on any atom is 0.296 e. The number of ketones is 1. The Balaban J connectivity index is 1.32. The maximum atomic E-state index is 13.4. The van der Waals surface area contributed by atoms with Gasteiger partial charge in [-0.2, -0.15) is 43.9 Å². The van der Waals surface area contributed by atoms with Crippen LogP contribution >= 0.6 is 0 Å². The Hall–Kier alpha value is -6.64. The van der Waals surface area contributed by atoms with E-state index in [2.05, 4.69) is 31.0 Å². The Kier molecular flexibility index (Phi) is 10.5. The molecule has 20 nitrogen and oxygen atoms in total. The number of hydrazone groups is 1. The average molecular weight is 892 g/mol. The van der Waals surface area contributed by atoms with Gasteiger partial charge in [0.1, 0.15) is 4.91 Å². The van der Waals surface area contributed by atoms with Gasteiger partial charge in [-0.25, -0.2) is 0 Å². The first kappa shape index (κ1) is 41.5. The Bertz CT molecular complexity index is 3440. The van der Waals surface area contributed by atoms with E-state index in [-0.39, 0.29) is 66.8 Å². The topological polar surface area (TPSA) is 334 Å². The number of allylic oxidation sites excluding steroid dienone is 1. The van der Waals surface area contributed by atoms with Gasteiger partial charge in [0.2, 0.25) is 5.78 Å². The van der Waals surface area contributed by atoms with Crippen molar-refractivity contribution in [3.63, 3.8) is 0 Å². The van der Waals surface area contributed by atoms with Crippen LogP contribution in [-0.4, -0.2) is 63.4 Å². The standard InChI is InChI=1S/C36H25N7O13S4/c37-20-4-7-25-19(14-20)15-34(60(54,55)56)35(36(25)44)43-42-33-13-11-31(27-9-6-24(18-29(27)33)59(51,52)53)40-41-32-12-10-30(26-8-5-23(17-28(26)32)58(48,49)50)39-38-21-2-1-3-22(16-21)57(45,46)47/h1-18,42H,37H2,(H,45,46,47)(H,48,49,50)(H,51,52,53)(H,54,55,56)/b39-38?,41-40?,43-35+. The number of hydrogen-bond donors (Lipinski definition) is 6. The normalized spacial score (nSPS) is 14.6. The van der Waals surface area contributed by atoms with Crippen molar-refractivity contribution in [3.8, 4) is 0 Å². The van der Waals surface area contributed by atoms with Crippen molar-refractivity contribution in [2.24, 2.45) is 25.6 Å². The quantitative estimate of drug-likeness (QED) is 0.0347. The number of nitrogens with zero attached hydrogens (tertiary/aromatic N) is 5. The summed E-state index contributed by atoms with van der Waals surface area (Å²) >= 11 is 0. The molecule has 7 N–H and O–H groups in total. The lowest BCUT2D eigenvalue weighted by atomic mass is 9.94. The van der Waals surface area contributed by atoms with Gasteiger partial charge in [0, 0.05) is 32.8 Å². The van der Waals surface area contributed by atoms with Crippen LogP contribution in [-0.2, 0) is 40.5 Å². The van der Waals surface area contributed by atoms with Crippen LogP contribution in [0.15, 0.2) is 148 Å². The summed E-state index contributed by atoms with van der Waals surface area (Å²) in [5.74, 6) is -0.899. The maximum absolute atomic E-state index is 13.4. The molecule has 0 aromatic heterocycles. The number of hydrogen-bond acceptors (Lipinski definition) is 16. The third kappa shape index (κ3) is 8.56. The minimum absolute atomic E-state index is 0.00656. The highest BCUT2D eigenvalue weighted by atomic mass is 32.2. The summed E-state index contributed by atoms with van der Waals surface area (Å²) in [6, 6.07) is 21.3. The lowest BCUT2D eigenvalue weighted by Gasteiger charge is -2.17. The number of benzene rings is 6. The molecule has 7 rings (SSSR count). The summed E-state index contributed by atoms with van der Waals surface area (Å²) in [5.41, 5.74) is 8.17. The van der Waals surface area contributed by atoms with E-state index >= 15 is 0 Å². The summed E-state index contributed by atoms with van der Waals surface area (Å²) in [4.78, 5) is 11.0. The predicted octanol–water partition coefficient (Wildman–Crippen LogP) is 7.04. The molecule has 0 heterocycles. The zero-order valence-corrected chi connectivity index (χ0v) is 33.1. The number of carbonyl (C=O) groups excluding carboxylic acids is 1. The van der Waals surface area contributed by atoms with Crippen LogP contribution in [0.1, 0.15) is 15.9 Å². The van der Waals surface area contributed by atoms with E-state index in [9.17, 15) is 56.7 Å². The van der Waals surface area contributed by atoms with Crippen LogP contribution in [0.3, 0.4) is 0 Å². The van der Waals surface area contributed by atoms with Crippen molar-refractivity contribution < 1.29 is 56.7 Å². The second-order valence-electron chi connectivity index (χ2n) is 12.7. The second kappa shape index (κ2) is 15.2. The van der Waals surface area contributed by atoms with Gasteiger partial charge in [0.05, 0.1) is 43.1 Å². The number of carbonyl (C=O) groups is 1.